The summed E-state index contributed by atoms with van der Waals surface area (Å²) in [5.74, 6) is -0.731. The molecule has 0 radical (unpaired) electrons. The summed E-state index contributed by atoms with van der Waals surface area (Å²) in [7, 11) is 0. The number of para-hydroxylation sites is 1. The number of aryl methyl sites for hydroxylation is 1. The highest BCUT2D eigenvalue weighted by molar-refractivity contribution is 5.95. The summed E-state index contributed by atoms with van der Waals surface area (Å²) in [6, 6.07) is 11.3. The highest BCUT2D eigenvalue weighted by Crippen LogP contribution is 2.20. The summed E-state index contributed by atoms with van der Waals surface area (Å²) in [5, 5.41) is 2.84. The quantitative estimate of drug-likeness (QED) is 0.843. The van der Waals surface area contributed by atoms with Crippen LogP contribution in [0.2, 0.25) is 0 Å². The number of carbonyl (C=O) groups is 1. The summed E-state index contributed by atoms with van der Waals surface area (Å²) < 4.78 is 13.2. The molecule has 2 rings (SSSR count). The Morgan fingerprint density at radius 3 is 2.65 bits per heavy atom. The molecule has 2 aromatic rings. The van der Waals surface area contributed by atoms with Crippen molar-refractivity contribution in [1.82, 2.24) is 5.32 Å². The van der Waals surface area contributed by atoms with Crippen molar-refractivity contribution in [1.29, 1.82) is 0 Å². The number of hydrogen-bond acceptors (Lipinski definition) is 2. The van der Waals surface area contributed by atoms with Crippen molar-refractivity contribution in [3.05, 3.63) is 65.0 Å². The Morgan fingerprint density at radius 1 is 1.25 bits per heavy atom. The number of nitrogens with two attached hydrogens (primary N) is 1. The number of hydrogen-bond donors (Lipinski definition) is 2. The highest BCUT2D eigenvalue weighted by atomic mass is 19.1. The smallest absolute Gasteiger partial charge is 0.252 e. The van der Waals surface area contributed by atoms with Gasteiger partial charge in [0.1, 0.15) is 5.82 Å². The SMILES string of the molecule is Cc1ccc(F)cc1C(=O)NC(C)c1ccccc1N. The van der Waals surface area contributed by atoms with Gasteiger partial charge < -0.3 is 11.1 Å². The van der Waals surface area contributed by atoms with Crippen molar-refractivity contribution in [2.75, 3.05) is 5.73 Å². The van der Waals surface area contributed by atoms with E-state index in [1.807, 2.05) is 25.1 Å². The molecule has 104 valence electrons. The molecule has 1 atom stereocenters. The minimum Gasteiger partial charge on any atom is -0.398 e. The molecule has 0 aliphatic carbocycles. The molecule has 0 heterocycles. The minimum atomic E-state index is -0.423. The van der Waals surface area contributed by atoms with Crippen LogP contribution >= 0.6 is 0 Å². The van der Waals surface area contributed by atoms with Gasteiger partial charge in [-0.15, -0.1) is 0 Å². The lowest BCUT2D eigenvalue weighted by molar-refractivity contribution is 0.0939. The molecule has 3 nitrogen and oxygen atoms in total. The van der Waals surface area contributed by atoms with Crippen LogP contribution in [0.3, 0.4) is 0 Å². The number of nitrogens with one attached hydrogen (secondary N) is 1. The molecule has 3 N–H and O–H groups in total. The maximum Gasteiger partial charge on any atom is 0.252 e. The van der Waals surface area contributed by atoms with E-state index in [9.17, 15) is 9.18 Å². The molecular formula is C16H17FN2O. The fourth-order valence-electron chi connectivity index (χ4n) is 2.10. The number of amides is 1. The van der Waals surface area contributed by atoms with Gasteiger partial charge in [-0.3, -0.25) is 4.79 Å². The van der Waals surface area contributed by atoms with Crippen molar-refractivity contribution in [3.8, 4) is 0 Å². The summed E-state index contributed by atoms with van der Waals surface area (Å²) in [4.78, 5) is 12.2. The van der Waals surface area contributed by atoms with E-state index in [0.717, 1.165) is 11.1 Å². The standard InChI is InChI=1S/C16H17FN2O/c1-10-7-8-12(17)9-14(10)16(20)19-11(2)13-5-3-4-6-15(13)18/h3-9,11H,18H2,1-2H3,(H,19,20). The second-order valence-corrected chi connectivity index (χ2v) is 4.78. The number of halogens is 1. The van der Waals surface area contributed by atoms with Gasteiger partial charge in [0.15, 0.2) is 0 Å². The summed E-state index contributed by atoms with van der Waals surface area (Å²) in [6.07, 6.45) is 0. The monoisotopic (exact) mass is 272 g/mol. The van der Waals surface area contributed by atoms with Crippen LogP contribution in [0.1, 0.15) is 34.5 Å². The Bertz CT molecular complexity index is 640. The van der Waals surface area contributed by atoms with Crippen LogP contribution in [-0.2, 0) is 0 Å². The maximum atomic E-state index is 13.2. The van der Waals surface area contributed by atoms with Gasteiger partial charge in [0.2, 0.25) is 0 Å². The zero-order valence-corrected chi connectivity index (χ0v) is 11.5. The fourth-order valence-corrected chi connectivity index (χ4v) is 2.10. The van der Waals surface area contributed by atoms with E-state index in [1.165, 1.54) is 12.1 Å². The van der Waals surface area contributed by atoms with Gasteiger partial charge in [0, 0.05) is 11.3 Å². The lowest BCUT2D eigenvalue weighted by Crippen LogP contribution is -2.27. The number of anilines is 1. The lowest BCUT2D eigenvalue weighted by atomic mass is 10.0. The summed E-state index contributed by atoms with van der Waals surface area (Å²) >= 11 is 0. The molecule has 0 saturated carbocycles. The Balaban J connectivity index is 2.20. The van der Waals surface area contributed by atoms with Crippen LogP contribution in [0.15, 0.2) is 42.5 Å². The number of benzene rings is 2. The Labute approximate surface area is 117 Å². The second-order valence-electron chi connectivity index (χ2n) is 4.78. The maximum absolute atomic E-state index is 13.2. The van der Waals surface area contributed by atoms with Crippen molar-refractivity contribution >= 4 is 11.6 Å². The molecule has 0 aliphatic heterocycles. The van der Waals surface area contributed by atoms with Crippen LogP contribution in [-0.4, -0.2) is 5.91 Å². The first-order valence-electron chi connectivity index (χ1n) is 6.40. The average Bonchev–Trinajstić information content (AvgIpc) is 2.41. The first-order chi connectivity index (χ1) is 9.49. The molecule has 0 saturated heterocycles. The van der Waals surface area contributed by atoms with Gasteiger partial charge in [-0.05, 0) is 43.2 Å². The van der Waals surface area contributed by atoms with E-state index >= 15 is 0 Å². The highest BCUT2D eigenvalue weighted by Gasteiger charge is 2.15. The van der Waals surface area contributed by atoms with E-state index in [-0.39, 0.29) is 11.9 Å². The van der Waals surface area contributed by atoms with E-state index in [0.29, 0.717) is 11.3 Å². The predicted octanol–water partition coefficient (Wildman–Crippen LogP) is 3.21. The van der Waals surface area contributed by atoms with Gasteiger partial charge >= 0.3 is 0 Å². The van der Waals surface area contributed by atoms with Crippen molar-refractivity contribution in [2.45, 2.75) is 19.9 Å². The third-order valence-corrected chi connectivity index (χ3v) is 3.25. The van der Waals surface area contributed by atoms with E-state index in [1.54, 1.807) is 19.1 Å². The zero-order valence-electron chi connectivity index (χ0n) is 11.5. The third-order valence-electron chi connectivity index (χ3n) is 3.25. The largest absolute Gasteiger partial charge is 0.398 e. The lowest BCUT2D eigenvalue weighted by Gasteiger charge is -2.17. The van der Waals surface area contributed by atoms with Crippen LogP contribution in [0.5, 0.6) is 0 Å². The van der Waals surface area contributed by atoms with Gasteiger partial charge in [-0.2, -0.15) is 0 Å². The Morgan fingerprint density at radius 2 is 1.95 bits per heavy atom. The van der Waals surface area contributed by atoms with Crippen LogP contribution in [0, 0.1) is 12.7 Å². The van der Waals surface area contributed by atoms with E-state index in [2.05, 4.69) is 5.32 Å². The second kappa shape index (κ2) is 5.74. The molecule has 2 aromatic carbocycles. The van der Waals surface area contributed by atoms with Gasteiger partial charge in [0.25, 0.3) is 5.91 Å². The molecule has 0 aliphatic rings. The Kier molecular flexibility index (Phi) is 4.03. The number of rotatable bonds is 3. The normalized spacial score (nSPS) is 11.9. The van der Waals surface area contributed by atoms with Crippen LogP contribution in [0.4, 0.5) is 10.1 Å². The van der Waals surface area contributed by atoms with E-state index in [4.69, 9.17) is 5.73 Å². The molecule has 0 bridgehead atoms. The van der Waals surface area contributed by atoms with Crippen molar-refractivity contribution < 1.29 is 9.18 Å². The Hall–Kier alpha value is -2.36. The van der Waals surface area contributed by atoms with Gasteiger partial charge in [-0.25, -0.2) is 4.39 Å². The first-order valence-corrected chi connectivity index (χ1v) is 6.40. The molecule has 0 spiro atoms. The van der Waals surface area contributed by atoms with Crippen molar-refractivity contribution in [2.24, 2.45) is 0 Å². The zero-order chi connectivity index (χ0) is 14.7. The molecule has 20 heavy (non-hydrogen) atoms. The third kappa shape index (κ3) is 2.96. The molecule has 4 heteroatoms. The van der Waals surface area contributed by atoms with Crippen molar-refractivity contribution in [3.63, 3.8) is 0 Å². The van der Waals surface area contributed by atoms with E-state index < -0.39 is 5.82 Å². The minimum absolute atomic E-state index is 0.244. The van der Waals surface area contributed by atoms with Crippen LogP contribution < -0.4 is 11.1 Å². The first kappa shape index (κ1) is 14.1. The molecule has 1 amide bonds. The summed E-state index contributed by atoms with van der Waals surface area (Å²) in [6.45, 7) is 3.62. The predicted molar refractivity (Wildman–Crippen MR) is 77.9 cm³/mol. The molecular weight excluding hydrogens is 255 g/mol. The molecule has 1 unspecified atom stereocenters. The summed E-state index contributed by atoms with van der Waals surface area (Å²) in [5.41, 5.74) is 8.42. The van der Waals surface area contributed by atoms with Crippen LogP contribution in [0.25, 0.3) is 0 Å². The van der Waals surface area contributed by atoms with Gasteiger partial charge in [-0.1, -0.05) is 24.3 Å². The fraction of sp³-hybridized carbons (Fsp3) is 0.188. The number of nitrogen functional groups attached to an aromatic ring is 1. The average molecular weight is 272 g/mol. The molecule has 0 fully saturated rings. The number of carbonyl (C=O) groups excluding carboxylic acids is 1. The topological polar surface area (TPSA) is 55.1 Å². The van der Waals surface area contributed by atoms with Gasteiger partial charge in [0.05, 0.1) is 6.04 Å². The molecule has 0 aromatic heterocycles.